The summed E-state index contributed by atoms with van der Waals surface area (Å²) >= 11 is 5.68. The monoisotopic (exact) mass is 204 g/mol. The van der Waals surface area contributed by atoms with Crippen LogP contribution in [0.3, 0.4) is 0 Å². The Morgan fingerprint density at radius 1 is 1.67 bits per heavy atom. The molecule has 1 nitrogen and oxygen atoms in total. The van der Waals surface area contributed by atoms with Crippen LogP contribution in [0.5, 0.6) is 0 Å². The molecule has 0 heterocycles. The molecular weight excluding hydrogens is 188 g/mol. The molecule has 0 saturated heterocycles. The average molecular weight is 204 g/mol. The standard InChI is InChI=1S/C9H16OS2/c1-4-8(11)5-6-12-9(10)7(2)3/h8,11H,2,4-6H2,1,3H3. The minimum Gasteiger partial charge on any atom is -0.282 e. The lowest BCUT2D eigenvalue weighted by Crippen LogP contribution is -2.00. The maximum Gasteiger partial charge on any atom is 0.214 e. The van der Waals surface area contributed by atoms with E-state index in [0.29, 0.717) is 10.8 Å². The third-order valence-electron chi connectivity index (χ3n) is 1.50. The van der Waals surface area contributed by atoms with Crippen LogP contribution in [-0.2, 0) is 4.79 Å². The van der Waals surface area contributed by atoms with Crippen molar-refractivity contribution < 1.29 is 4.79 Å². The Bertz CT molecular complexity index is 166. The van der Waals surface area contributed by atoms with E-state index < -0.39 is 0 Å². The zero-order valence-electron chi connectivity index (χ0n) is 7.67. The summed E-state index contributed by atoms with van der Waals surface area (Å²) in [4.78, 5) is 11.1. The zero-order valence-corrected chi connectivity index (χ0v) is 9.38. The summed E-state index contributed by atoms with van der Waals surface area (Å²) in [6.07, 6.45) is 2.05. The number of hydrogen-bond donors (Lipinski definition) is 1. The first-order valence-corrected chi connectivity index (χ1v) is 5.58. The summed E-state index contributed by atoms with van der Waals surface area (Å²) in [6.45, 7) is 7.43. The average Bonchev–Trinajstić information content (AvgIpc) is 2.03. The molecule has 0 aliphatic heterocycles. The van der Waals surface area contributed by atoms with Crippen LogP contribution in [0.25, 0.3) is 0 Å². The van der Waals surface area contributed by atoms with Gasteiger partial charge in [0.1, 0.15) is 0 Å². The summed E-state index contributed by atoms with van der Waals surface area (Å²) in [7, 11) is 0. The van der Waals surface area contributed by atoms with Crippen molar-refractivity contribution in [3.63, 3.8) is 0 Å². The zero-order chi connectivity index (χ0) is 9.56. The number of carbonyl (C=O) groups excluding carboxylic acids is 1. The first-order valence-electron chi connectivity index (χ1n) is 4.08. The number of thioether (sulfide) groups is 1. The van der Waals surface area contributed by atoms with Gasteiger partial charge in [-0.15, -0.1) is 0 Å². The Morgan fingerprint density at radius 2 is 2.25 bits per heavy atom. The van der Waals surface area contributed by atoms with Gasteiger partial charge in [-0.1, -0.05) is 25.3 Å². The van der Waals surface area contributed by atoms with E-state index in [9.17, 15) is 4.79 Å². The van der Waals surface area contributed by atoms with Gasteiger partial charge in [0.05, 0.1) is 0 Å². The Labute approximate surface area is 84.4 Å². The third-order valence-corrected chi connectivity index (χ3v) is 3.18. The van der Waals surface area contributed by atoms with E-state index in [2.05, 4.69) is 26.1 Å². The van der Waals surface area contributed by atoms with Crippen LogP contribution in [-0.4, -0.2) is 16.1 Å². The molecule has 70 valence electrons. The maximum absolute atomic E-state index is 11.1. The van der Waals surface area contributed by atoms with Gasteiger partial charge >= 0.3 is 0 Å². The molecule has 1 unspecified atom stereocenters. The lowest BCUT2D eigenvalue weighted by atomic mass is 10.3. The molecule has 12 heavy (non-hydrogen) atoms. The first-order chi connectivity index (χ1) is 5.57. The van der Waals surface area contributed by atoms with Gasteiger partial charge in [0, 0.05) is 11.0 Å². The topological polar surface area (TPSA) is 17.1 Å². The van der Waals surface area contributed by atoms with Crippen LogP contribution >= 0.6 is 24.4 Å². The molecule has 0 amide bonds. The molecule has 0 aromatic rings. The van der Waals surface area contributed by atoms with Gasteiger partial charge in [-0.3, -0.25) is 4.79 Å². The van der Waals surface area contributed by atoms with Crippen LogP contribution in [0.4, 0.5) is 0 Å². The van der Waals surface area contributed by atoms with Crippen molar-refractivity contribution in [2.75, 3.05) is 5.75 Å². The molecule has 0 bridgehead atoms. The largest absolute Gasteiger partial charge is 0.282 e. The van der Waals surface area contributed by atoms with Crippen LogP contribution in [0.2, 0.25) is 0 Å². The Hall–Kier alpha value is 0.110. The number of hydrogen-bond acceptors (Lipinski definition) is 3. The fourth-order valence-corrected chi connectivity index (χ4v) is 1.75. The summed E-state index contributed by atoms with van der Waals surface area (Å²) in [6, 6.07) is 0. The molecule has 3 heteroatoms. The van der Waals surface area contributed by atoms with Crippen molar-refractivity contribution in [2.24, 2.45) is 0 Å². The van der Waals surface area contributed by atoms with E-state index in [1.807, 2.05) is 0 Å². The molecule has 0 N–H and O–H groups in total. The second-order valence-electron chi connectivity index (χ2n) is 2.77. The number of rotatable bonds is 5. The van der Waals surface area contributed by atoms with Gasteiger partial charge in [0.25, 0.3) is 0 Å². The highest BCUT2D eigenvalue weighted by atomic mass is 32.2. The molecular formula is C9H16OS2. The number of carbonyl (C=O) groups is 1. The summed E-state index contributed by atoms with van der Waals surface area (Å²) in [5.74, 6) is 0.855. The summed E-state index contributed by atoms with van der Waals surface area (Å²) in [5, 5.41) is 0.530. The van der Waals surface area contributed by atoms with E-state index in [1.54, 1.807) is 6.92 Å². The fourth-order valence-electron chi connectivity index (χ4n) is 0.615. The Morgan fingerprint density at radius 3 is 2.67 bits per heavy atom. The van der Waals surface area contributed by atoms with Gasteiger partial charge in [-0.05, 0) is 25.3 Å². The molecule has 0 radical (unpaired) electrons. The fraction of sp³-hybridized carbons (Fsp3) is 0.667. The van der Waals surface area contributed by atoms with Gasteiger partial charge < -0.3 is 0 Å². The lowest BCUT2D eigenvalue weighted by molar-refractivity contribution is -0.107. The van der Waals surface area contributed by atoms with Crippen molar-refractivity contribution in [2.45, 2.75) is 31.9 Å². The highest BCUT2D eigenvalue weighted by Gasteiger charge is 2.04. The van der Waals surface area contributed by atoms with Crippen LogP contribution in [0.1, 0.15) is 26.7 Å². The van der Waals surface area contributed by atoms with Crippen LogP contribution < -0.4 is 0 Å². The minimum atomic E-state index is 0.103. The van der Waals surface area contributed by atoms with Gasteiger partial charge in [0.15, 0.2) is 0 Å². The second kappa shape index (κ2) is 6.61. The van der Waals surface area contributed by atoms with E-state index >= 15 is 0 Å². The highest BCUT2D eigenvalue weighted by molar-refractivity contribution is 8.14. The molecule has 0 aromatic carbocycles. The highest BCUT2D eigenvalue weighted by Crippen LogP contribution is 2.14. The summed E-state index contributed by atoms with van der Waals surface area (Å²) in [5.41, 5.74) is 0.632. The molecule has 1 atom stereocenters. The van der Waals surface area contributed by atoms with Gasteiger partial charge in [-0.25, -0.2) is 0 Å². The van der Waals surface area contributed by atoms with E-state index in [4.69, 9.17) is 0 Å². The second-order valence-corrected chi connectivity index (χ2v) is 4.57. The predicted molar refractivity (Wildman–Crippen MR) is 60.0 cm³/mol. The van der Waals surface area contributed by atoms with Crippen LogP contribution in [0.15, 0.2) is 12.2 Å². The predicted octanol–water partition coefficient (Wildman–Crippen LogP) is 2.92. The lowest BCUT2D eigenvalue weighted by Gasteiger charge is -2.05. The SMILES string of the molecule is C=C(C)C(=O)SCCC(S)CC. The Balaban J connectivity index is 3.44. The summed E-state index contributed by atoms with van der Waals surface area (Å²) < 4.78 is 0. The smallest absolute Gasteiger partial charge is 0.214 e. The number of thiol groups is 1. The molecule has 0 rings (SSSR count). The van der Waals surface area contributed by atoms with E-state index in [0.717, 1.165) is 18.6 Å². The van der Waals surface area contributed by atoms with Gasteiger partial charge in [-0.2, -0.15) is 12.6 Å². The van der Waals surface area contributed by atoms with Crippen molar-refractivity contribution in [1.29, 1.82) is 0 Å². The molecule has 0 fully saturated rings. The molecule has 0 spiro atoms. The van der Waals surface area contributed by atoms with Crippen LogP contribution in [0, 0.1) is 0 Å². The molecule has 0 aliphatic carbocycles. The molecule has 0 aliphatic rings. The Kier molecular flexibility index (Phi) is 6.67. The van der Waals surface area contributed by atoms with Crippen molar-refractivity contribution in [1.82, 2.24) is 0 Å². The van der Waals surface area contributed by atoms with Crippen molar-refractivity contribution >= 4 is 29.5 Å². The quantitative estimate of drug-likeness (QED) is 0.548. The van der Waals surface area contributed by atoms with Gasteiger partial charge in [0.2, 0.25) is 5.12 Å². The normalized spacial score (nSPS) is 12.6. The van der Waals surface area contributed by atoms with E-state index in [-0.39, 0.29) is 5.12 Å². The molecule has 0 aromatic heterocycles. The first kappa shape index (κ1) is 12.1. The maximum atomic E-state index is 11.1. The van der Waals surface area contributed by atoms with Crippen molar-refractivity contribution in [3.8, 4) is 0 Å². The molecule has 0 saturated carbocycles. The third kappa shape index (κ3) is 5.72. The van der Waals surface area contributed by atoms with E-state index in [1.165, 1.54) is 11.8 Å². The van der Waals surface area contributed by atoms with Crippen molar-refractivity contribution in [3.05, 3.63) is 12.2 Å². The minimum absolute atomic E-state index is 0.103.